The van der Waals surface area contributed by atoms with Crippen molar-refractivity contribution in [1.82, 2.24) is 0 Å². The highest BCUT2D eigenvalue weighted by molar-refractivity contribution is 14.1. The van der Waals surface area contributed by atoms with E-state index in [0.29, 0.717) is 9.13 Å². The van der Waals surface area contributed by atoms with Crippen molar-refractivity contribution in [3.63, 3.8) is 0 Å². The monoisotopic (exact) mass is 374 g/mol. The Morgan fingerprint density at radius 3 is 2.43 bits per heavy atom. The molecule has 0 saturated heterocycles. The largest absolute Gasteiger partial charge is 0.295 e. The van der Waals surface area contributed by atoms with Gasteiger partial charge in [-0.2, -0.15) is 0 Å². The Balaban J connectivity index is 3.32. The van der Waals surface area contributed by atoms with E-state index in [2.05, 4.69) is 15.9 Å². The van der Waals surface area contributed by atoms with Crippen molar-refractivity contribution in [3.05, 3.63) is 31.3 Å². The SMILES string of the molecule is CC(=O)c1cc(Br)c(C(F)F)c(I)c1. The van der Waals surface area contributed by atoms with Crippen LogP contribution in [0.1, 0.15) is 29.3 Å². The number of benzene rings is 1. The highest BCUT2D eigenvalue weighted by Crippen LogP contribution is 2.32. The summed E-state index contributed by atoms with van der Waals surface area (Å²) in [7, 11) is 0. The second-order valence-electron chi connectivity index (χ2n) is 2.71. The van der Waals surface area contributed by atoms with E-state index < -0.39 is 6.43 Å². The molecule has 0 aliphatic heterocycles. The Morgan fingerprint density at radius 1 is 1.50 bits per heavy atom. The molecule has 14 heavy (non-hydrogen) atoms. The molecule has 0 N–H and O–H groups in total. The lowest BCUT2D eigenvalue weighted by Crippen LogP contribution is -1.98. The standard InChI is InChI=1S/C9H6BrF2IO/c1-4(14)5-2-6(10)8(9(11)12)7(13)3-5/h2-3,9H,1H3. The van der Waals surface area contributed by atoms with E-state index in [1.54, 1.807) is 22.6 Å². The molecule has 0 unspecified atom stereocenters. The zero-order valence-corrected chi connectivity index (χ0v) is 10.9. The Bertz CT molecular complexity index is 356. The summed E-state index contributed by atoms with van der Waals surface area (Å²) in [6.45, 7) is 1.40. The molecule has 0 aromatic heterocycles. The molecule has 0 fully saturated rings. The number of ketones is 1. The van der Waals surface area contributed by atoms with Crippen LogP contribution in [0, 0.1) is 3.57 Å². The quantitative estimate of drug-likeness (QED) is 0.560. The Hall–Kier alpha value is -0.0400. The predicted molar refractivity (Wildman–Crippen MR) is 61.8 cm³/mol. The summed E-state index contributed by atoms with van der Waals surface area (Å²) in [4.78, 5) is 11.0. The lowest BCUT2D eigenvalue weighted by molar-refractivity contribution is 0.101. The molecular formula is C9H6BrF2IO. The van der Waals surface area contributed by atoms with Crippen LogP contribution in [-0.2, 0) is 0 Å². The van der Waals surface area contributed by atoms with Crippen LogP contribution in [0.4, 0.5) is 8.78 Å². The van der Waals surface area contributed by atoms with Crippen LogP contribution in [-0.4, -0.2) is 5.78 Å². The average Bonchev–Trinajstić information content (AvgIpc) is 2.01. The van der Waals surface area contributed by atoms with Crippen LogP contribution < -0.4 is 0 Å². The minimum Gasteiger partial charge on any atom is -0.295 e. The maximum Gasteiger partial charge on any atom is 0.265 e. The van der Waals surface area contributed by atoms with E-state index in [1.807, 2.05) is 0 Å². The van der Waals surface area contributed by atoms with Gasteiger partial charge in [-0.15, -0.1) is 0 Å². The molecule has 1 rings (SSSR count). The van der Waals surface area contributed by atoms with Crippen molar-refractivity contribution in [3.8, 4) is 0 Å². The lowest BCUT2D eigenvalue weighted by atomic mass is 10.1. The van der Waals surface area contributed by atoms with Gasteiger partial charge in [0.05, 0.1) is 0 Å². The minimum atomic E-state index is -2.53. The third kappa shape index (κ3) is 2.50. The molecule has 1 aromatic carbocycles. The van der Waals surface area contributed by atoms with Gasteiger partial charge in [0.1, 0.15) is 0 Å². The number of alkyl halides is 2. The van der Waals surface area contributed by atoms with E-state index in [-0.39, 0.29) is 15.8 Å². The highest BCUT2D eigenvalue weighted by Gasteiger charge is 2.17. The van der Waals surface area contributed by atoms with Crippen molar-refractivity contribution in [2.45, 2.75) is 13.3 Å². The van der Waals surface area contributed by atoms with Crippen molar-refractivity contribution >= 4 is 44.3 Å². The number of hydrogen-bond donors (Lipinski definition) is 0. The van der Waals surface area contributed by atoms with Crippen molar-refractivity contribution < 1.29 is 13.6 Å². The number of hydrogen-bond acceptors (Lipinski definition) is 1. The summed E-state index contributed by atoms with van der Waals surface area (Å²) < 4.78 is 25.7. The van der Waals surface area contributed by atoms with E-state index in [0.717, 1.165) is 0 Å². The molecule has 76 valence electrons. The molecular weight excluding hydrogens is 369 g/mol. The third-order valence-corrected chi connectivity index (χ3v) is 3.25. The average molecular weight is 375 g/mol. The first kappa shape index (κ1) is 12.0. The van der Waals surface area contributed by atoms with Gasteiger partial charge < -0.3 is 0 Å². The molecule has 0 spiro atoms. The topological polar surface area (TPSA) is 17.1 Å². The van der Waals surface area contributed by atoms with Crippen LogP contribution in [0.5, 0.6) is 0 Å². The number of carbonyl (C=O) groups excluding carboxylic acids is 1. The number of rotatable bonds is 2. The van der Waals surface area contributed by atoms with Crippen LogP contribution in [0.25, 0.3) is 0 Å². The first-order valence-corrected chi connectivity index (χ1v) is 5.58. The summed E-state index contributed by atoms with van der Waals surface area (Å²) in [6, 6.07) is 2.89. The fourth-order valence-corrected chi connectivity index (χ4v) is 2.86. The molecule has 0 amide bonds. The van der Waals surface area contributed by atoms with Gasteiger partial charge in [-0.1, -0.05) is 15.9 Å². The molecule has 0 bridgehead atoms. The van der Waals surface area contributed by atoms with Crippen LogP contribution >= 0.6 is 38.5 Å². The number of carbonyl (C=O) groups is 1. The molecule has 0 aliphatic rings. The Labute approximate surface area is 102 Å². The second-order valence-corrected chi connectivity index (χ2v) is 4.73. The van der Waals surface area contributed by atoms with Gasteiger partial charge >= 0.3 is 0 Å². The lowest BCUT2D eigenvalue weighted by Gasteiger charge is -2.07. The number of halogens is 4. The van der Waals surface area contributed by atoms with Crippen LogP contribution in [0.3, 0.4) is 0 Å². The van der Waals surface area contributed by atoms with Crippen molar-refractivity contribution in [1.29, 1.82) is 0 Å². The van der Waals surface area contributed by atoms with Crippen molar-refractivity contribution in [2.24, 2.45) is 0 Å². The van der Waals surface area contributed by atoms with Gasteiger partial charge in [-0.25, -0.2) is 8.78 Å². The normalized spacial score (nSPS) is 10.7. The first-order valence-electron chi connectivity index (χ1n) is 3.71. The van der Waals surface area contributed by atoms with Gasteiger partial charge in [-0.05, 0) is 41.6 Å². The van der Waals surface area contributed by atoms with Gasteiger partial charge in [0.25, 0.3) is 6.43 Å². The minimum absolute atomic E-state index is 0.0596. The molecule has 0 heterocycles. The molecule has 1 nitrogen and oxygen atoms in total. The molecule has 0 atom stereocenters. The van der Waals surface area contributed by atoms with E-state index in [4.69, 9.17) is 0 Å². The third-order valence-electron chi connectivity index (χ3n) is 1.70. The van der Waals surface area contributed by atoms with E-state index in [1.165, 1.54) is 19.1 Å². The maximum absolute atomic E-state index is 12.5. The summed E-state index contributed by atoms with van der Waals surface area (Å²) in [5.41, 5.74) is 0.376. The fraction of sp³-hybridized carbons (Fsp3) is 0.222. The summed E-state index contributed by atoms with van der Waals surface area (Å²) in [5, 5.41) is 0. The number of Topliss-reactive ketones (excluding diaryl/α,β-unsaturated/α-hetero) is 1. The van der Waals surface area contributed by atoms with E-state index in [9.17, 15) is 13.6 Å². The van der Waals surface area contributed by atoms with Crippen LogP contribution in [0.15, 0.2) is 16.6 Å². The summed E-state index contributed by atoms with van der Waals surface area (Å²) >= 11 is 4.83. The van der Waals surface area contributed by atoms with Gasteiger partial charge in [0.15, 0.2) is 5.78 Å². The fourth-order valence-electron chi connectivity index (χ4n) is 0.996. The molecule has 0 aliphatic carbocycles. The zero-order chi connectivity index (χ0) is 10.9. The zero-order valence-electron chi connectivity index (χ0n) is 7.15. The Kier molecular flexibility index (Phi) is 4.00. The van der Waals surface area contributed by atoms with Gasteiger partial charge in [0, 0.05) is 19.2 Å². The van der Waals surface area contributed by atoms with E-state index >= 15 is 0 Å². The predicted octanol–water partition coefficient (Wildman–Crippen LogP) is 4.19. The van der Waals surface area contributed by atoms with Crippen molar-refractivity contribution in [2.75, 3.05) is 0 Å². The summed E-state index contributed by atoms with van der Waals surface area (Å²) in [5.74, 6) is -0.135. The first-order chi connectivity index (χ1) is 6.43. The molecule has 0 saturated carbocycles. The second kappa shape index (κ2) is 4.65. The smallest absolute Gasteiger partial charge is 0.265 e. The Morgan fingerprint density at radius 2 is 2.07 bits per heavy atom. The van der Waals surface area contributed by atoms with Gasteiger partial charge in [0.2, 0.25) is 0 Å². The molecule has 5 heteroatoms. The highest BCUT2D eigenvalue weighted by atomic mass is 127. The van der Waals surface area contributed by atoms with Crippen LogP contribution in [0.2, 0.25) is 0 Å². The summed E-state index contributed by atoms with van der Waals surface area (Å²) in [6.07, 6.45) is -2.53. The molecule has 0 radical (unpaired) electrons. The molecule has 1 aromatic rings. The van der Waals surface area contributed by atoms with Gasteiger partial charge in [-0.3, -0.25) is 4.79 Å². The maximum atomic E-state index is 12.5.